The summed E-state index contributed by atoms with van der Waals surface area (Å²) in [5.74, 6) is 0.135. The first-order chi connectivity index (χ1) is 55.0. The molecule has 4 aromatic heterocycles. The van der Waals surface area contributed by atoms with Gasteiger partial charge in [-0.15, -0.1) is 30.0 Å². The van der Waals surface area contributed by atoms with Crippen LogP contribution in [0.1, 0.15) is 55.9 Å². The van der Waals surface area contributed by atoms with Crippen LogP contribution in [0.2, 0.25) is 0 Å². The zero-order valence-electron chi connectivity index (χ0n) is 60.9. The third-order valence-corrected chi connectivity index (χ3v) is 20.7. The zero-order chi connectivity index (χ0) is 76.5. The molecule has 0 spiro atoms. The monoisotopic (exact) mass is 1440 g/mol. The number of para-hydroxylation sites is 8. The predicted molar refractivity (Wildman–Crippen MR) is 455 cm³/mol. The standard InChI is InChI=1S/C43H26N6.C27H19N5.C26H17N5/c1-44-42-43(45-2)47-37(29-21-25-31(26-22-29)49-40-17-9-5-13-34(40)35-14-6-10-18-41(35)49)27-36(46-42)28-19-23-30(24-20-28)48-38-15-7-3-11-32(38)33-12-4-8-16-39(33)48;1-17-18(2)30-26(28-3)27(29-4)31-25(17)19-13-15-20(16-14-19)32-23-11-7-5-9-21(23)22-10-6-8-12-24(22)32;1-17-16-22(30-26(28-3)25(27-2)29-17)18-12-14-19(15-13-18)31-23-10-6-4-8-20(23)21-9-5-7-11-24(21)31/h3-26H,27H2;5-17H,1-2H3;4-15H,16H2,1H3. The Hall–Kier alpha value is -16.0. The second kappa shape index (κ2) is 29.4. The van der Waals surface area contributed by atoms with E-state index in [1.807, 2.05) is 69.3 Å². The van der Waals surface area contributed by atoms with Crippen LogP contribution >= 0.6 is 0 Å². The van der Waals surface area contributed by atoms with Gasteiger partial charge in [0, 0.05) is 88.1 Å². The van der Waals surface area contributed by atoms with Gasteiger partial charge in [0.2, 0.25) is 0 Å². The molecule has 0 saturated carbocycles. The van der Waals surface area contributed by atoms with Gasteiger partial charge in [-0.3, -0.25) is 0 Å². The molecular weight excluding hydrogens is 1380 g/mol. The molecule has 112 heavy (non-hydrogen) atoms. The van der Waals surface area contributed by atoms with E-state index in [0.717, 1.165) is 112 Å². The second-order valence-corrected chi connectivity index (χ2v) is 27.1. The quantitative estimate of drug-likeness (QED) is 0.135. The molecule has 3 aliphatic rings. The van der Waals surface area contributed by atoms with Gasteiger partial charge < -0.3 is 47.3 Å². The van der Waals surface area contributed by atoms with Crippen molar-refractivity contribution in [2.75, 3.05) is 0 Å². The molecule has 16 nitrogen and oxygen atoms in total. The number of hydrogen-bond donors (Lipinski definition) is 0. The molecule has 12 aromatic carbocycles. The lowest BCUT2D eigenvalue weighted by Gasteiger charge is -2.11. The predicted octanol–water partition coefficient (Wildman–Crippen LogP) is 23.6. The van der Waals surface area contributed by atoms with E-state index in [2.05, 4.69) is 310 Å². The number of fused-ring (bicyclic) bond motifs is 12. The highest BCUT2D eigenvalue weighted by Crippen LogP contribution is 2.38. The van der Waals surface area contributed by atoms with Gasteiger partial charge in [0.05, 0.1) is 62.9 Å². The van der Waals surface area contributed by atoms with Crippen molar-refractivity contribution >= 4 is 121 Å². The highest BCUT2D eigenvalue weighted by atomic mass is 15.1. The zero-order valence-corrected chi connectivity index (χ0v) is 60.9. The molecule has 7 heterocycles. The Balaban J connectivity index is 0.000000127. The fraction of sp³-hybridized carbons (Fsp3) is 0.0625. The minimum Gasteiger partial charge on any atom is -0.370 e. The van der Waals surface area contributed by atoms with Crippen LogP contribution in [0.15, 0.2) is 356 Å². The molecule has 1 atom stereocenters. The maximum atomic E-state index is 7.81. The van der Waals surface area contributed by atoms with Crippen molar-refractivity contribution in [1.29, 1.82) is 0 Å². The summed E-state index contributed by atoms with van der Waals surface area (Å²) in [5.41, 5.74) is 21.4. The molecule has 0 N–H and O–H groups in total. The largest absolute Gasteiger partial charge is 0.370 e. The van der Waals surface area contributed by atoms with Crippen LogP contribution in [-0.4, -0.2) is 52.5 Å². The van der Waals surface area contributed by atoms with Gasteiger partial charge in [-0.25, -0.2) is 0 Å². The van der Waals surface area contributed by atoms with E-state index in [1.165, 1.54) is 43.1 Å². The average Bonchev–Trinajstić information content (AvgIpc) is 1.61. The van der Waals surface area contributed by atoms with E-state index in [1.54, 1.807) is 0 Å². The summed E-state index contributed by atoms with van der Waals surface area (Å²) in [6.07, 6.45) is 0.883. The third kappa shape index (κ3) is 12.4. The molecule has 19 rings (SSSR count). The Kier molecular flexibility index (Phi) is 18.1. The van der Waals surface area contributed by atoms with Crippen LogP contribution in [0, 0.1) is 45.4 Å². The van der Waals surface area contributed by atoms with Crippen LogP contribution < -0.4 is 0 Å². The van der Waals surface area contributed by atoms with Crippen molar-refractivity contribution in [3.63, 3.8) is 0 Å². The minimum absolute atomic E-state index is 0.00775. The summed E-state index contributed by atoms with van der Waals surface area (Å²) < 4.78 is 9.08. The summed E-state index contributed by atoms with van der Waals surface area (Å²) in [5, 5.41) is 9.72. The summed E-state index contributed by atoms with van der Waals surface area (Å²) in [7, 11) is 0. The van der Waals surface area contributed by atoms with Crippen molar-refractivity contribution < 1.29 is 0 Å². The summed E-state index contributed by atoms with van der Waals surface area (Å²) in [6.45, 7) is 50.8. The maximum absolute atomic E-state index is 7.81. The lowest BCUT2D eigenvalue weighted by molar-refractivity contribution is 1.04. The number of nitrogens with zero attached hydrogens (tertiary/aromatic N) is 16. The average molecular weight is 1440 g/mol. The van der Waals surface area contributed by atoms with E-state index in [4.69, 9.17) is 49.4 Å². The summed E-state index contributed by atoms with van der Waals surface area (Å²) >= 11 is 0. The van der Waals surface area contributed by atoms with Crippen molar-refractivity contribution in [3.05, 3.63) is 417 Å². The first-order valence-corrected chi connectivity index (χ1v) is 36.3. The van der Waals surface area contributed by atoms with Crippen LogP contribution in [-0.2, 0) is 0 Å². The highest BCUT2D eigenvalue weighted by molar-refractivity contribution is 6.20. The molecule has 16 aromatic rings. The Labute approximate surface area is 645 Å². The van der Waals surface area contributed by atoms with Gasteiger partial charge in [-0.1, -0.05) is 185 Å². The fourth-order valence-corrected chi connectivity index (χ4v) is 15.4. The number of benzene rings is 12. The van der Waals surface area contributed by atoms with Gasteiger partial charge in [0.1, 0.15) is 34.3 Å². The molecular formula is C96H62N16. The topological polar surface area (TPSA) is 120 Å². The van der Waals surface area contributed by atoms with Gasteiger partial charge in [-0.2, -0.15) is 0 Å². The number of hydrogen-bond acceptors (Lipinski definition) is 6. The Morgan fingerprint density at radius 1 is 0.250 bits per heavy atom. The molecule has 0 aliphatic carbocycles. The van der Waals surface area contributed by atoms with E-state index in [0.29, 0.717) is 24.3 Å². The van der Waals surface area contributed by atoms with Gasteiger partial charge >= 0.3 is 0 Å². The molecule has 16 heteroatoms. The summed E-state index contributed by atoms with van der Waals surface area (Å²) in [6, 6.07) is 100. The van der Waals surface area contributed by atoms with Crippen molar-refractivity contribution in [2.24, 2.45) is 35.9 Å². The van der Waals surface area contributed by atoms with E-state index in [-0.39, 0.29) is 40.8 Å². The van der Waals surface area contributed by atoms with Crippen LogP contribution in [0.5, 0.6) is 0 Å². The minimum atomic E-state index is -0.0925. The number of rotatable bonds is 8. The van der Waals surface area contributed by atoms with Crippen LogP contribution in [0.25, 0.3) is 139 Å². The van der Waals surface area contributed by atoms with Crippen LogP contribution in [0.3, 0.4) is 0 Å². The number of aliphatic imine (C=N–C) groups is 6. The van der Waals surface area contributed by atoms with Gasteiger partial charge in [0.25, 0.3) is 34.9 Å². The lowest BCUT2D eigenvalue weighted by Crippen LogP contribution is -2.19. The van der Waals surface area contributed by atoms with Gasteiger partial charge in [-0.05, 0) is 166 Å². The summed E-state index contributed by atoms with van der Waals surface area (Å²) in [4.78, 5) is 47.9. The fourth-order valence-electron chi connectivity index (χ4n) is 15.4. The normalized spacial score (nSPS) is 14.4. The Morgan fingerprint density at radius 3 is 0.723 bits per heavy atom. The smallest absolute Gasteiger partial charge is 0.293 e. The van der Waals surface area contributed by atoms with Crippen molar-refractivity contribution in [1.82, 2.24) is 18.3 Å². The van der Waals surface area contributed by atoms with Gasteiger partial charge in [0.15, 0.2) is 0 Å². The molecule has 0 radical (unpaired) electrons. The van der Waals surface area contributed by atoms with E-state index in [9.17, 15) is 0 Å². The SMILES string of the molecule is [C-]#[N+]C1=C([N+]#[C-])N=C(c2ccc(-n3c4ccccc4c4ccccc43)cc2)C(C)C(C)=N1.[C-]#[N+]C1=C([N+]#[C-])N=C(c2ccc(-n3c4ccccc4c4ccccc43)cc2)CC(C)=N1.[C-]#[N+]C1=C([N+]#[C-])N=C(c2ccc(-n3c4ccccc4c4ccccc43)cc2)CC(c2ccc(-n3c4ccccc4c4ccccc43)cc2)=N1. The molecule has 0 bridgehead atoms. The number of aromatic nitrogens is 4. The van der Waals surface area contributed by atoms with E-state index >= 15 is 0 Å². The molecule has 0 fully saturated rings. The molecule has 0 amide bonds. The highest BCUT2D eigenvalue weighted by Gasteiger charge is 2.29. The molecule has 3 aliphatic heterocycles. The lowest BCUT2D eigenvalue weighted by atomic mass is 9.94. The van der Waals surface area contributed by atoms with Crippen LogP contribution in [0.4, 0.5) is 0 Å². The maximum Gasteiger partial charge on any atom is 0.293 e. The molecule has 526 valence electrons. The molecule has 0 saturated heterocycles. The Bertz CT molecular complexity index is 6790. The third-order valence-electron chi connectivity index (χ3n) is 20.7. The first-order valence-electron chi connectivity index (χ1n) is 36.3. The second-order valence-electron chi connectivity index (χ2n) is 27.1. The van der Waals surface area contributed by atoms with E-state index < -0.39 is 0 Å². The first kappa shape index (κ1) is 69.1. The Morgan fingerprint density at radius 2 is 0.464 bits per heavy atom. The van der Waals surface area contributed by atoms with Crippen molar-refractivity contribution in [2.45, 2.75) is 33.6 Å². The van der Waals surface area contributed by atoms with Crippen molar-refractivity contribution in [3.8, 4) is 22.7 Å². The molecule has 1 unspecified atom stereocenters.